The van der Waals surface area contributed by atoms with Crippen LogP contribution in [-0.2, 0) is 0 Å². The third-order valence-corrected chi connectivity index (χ3v) is 2.80. The molecule has 0 radical (unpaired) electrons. The zero-order chi connectivity index (χ0) is 10.8. The number of ketones is 1. The Labute approximate surface area is 95.6 Å². The molecule has 1 N–H and O–H groups in total. The highest BCUT2D eigenvalue weighted by Gasteiger charge is 2.08. The monoisotopic (exact) mass is 264 g/mol. The van der Waals surface area contributed by atoms with Gasteiger partial charge in [-0.2, -0.15) is 5.10 Å². The van der Waals surface area contributed by atoms with Crippen LogP contribution in [0.1, 0.15) is 17.4 Å². The van der Waals surface area contributed by atoms with Crippen LogP contribution in [0.25, 0.3) is 11.3 Å². The number of rotatable bonds is 2. The van der Waals surface area contributed by atoms with E-state index in [4.69, 9.17) is 0 Å². The lowest BCUT2D eigenvalue weighted by Crippen LogP contribution is -1.90. The van der Waals surface area contributed by atoms with Gasteiger partial charge in [-0.1, -0.05) is 34.1 Å². The summed E-state index contributed by atoms with van der Waals surface area (Å²) < 4.78 is 0.964. The number of aromatic amines is 1. The molecule has 0 aliphatic carbocycles. The van der Waals surface area contributed by atoms with Crippen LogP contribution in [0.3, 0.4) is 0 Å². The quantitative estimate of drug-likeness (QED) is 0.848. The van der Waals surface area contributed by atoms with Gasteiger partial charge in [-0.05, 0) is 12.1 Å². The van der Waals surface area contributed by atoms with Gasteiger partial charge >= 0.3 is 0 Å². The Morgan fingerprint density at radius 3 is 2.73 bits per heavy atom. The van der Waals surface area contributed by atoms with Crippen molar-refractivity contribution in [1.82, 2.24) is 10.2 Å². The fourth-order valence-electron chi connectivity index (χ4n) is 1.31. The second-order valence-electron chi connectivity index (χ2n) is 3.20. The van der Waals surface area contributed by atoms with Crippen molar-refractivity contribution in [3.8, 4) is 11.3 Å². The molecule has 0 aliphatic rings. The highest BCUT2D eigenvalue weighted by atomic mass is 79.9. The highest BCUT2D eigenvalue weighted by molar-refractivity contribution is 9.10. The average molecular weight is 265 g/mol. The normalized spacial score (nSPS) is 10.3. The highest BCUT2D eigenvalue weighted by Crippen LogP contribution is 2.26. The largest absolute Gasteiger partial charge is 0.293 e. The van der Waals surface area contributed by atoms with E-state index in [-0.39, 0.29) is 5.78 Å². The maximum atomic E-state index is 11.1. The maximum absolute atomic E-state index is 11.1. The SMILES string of the molecule is CC(=O)c1cc(-c2ccccc2Br)n[nH]1. The molecule has 0 saturated carbocycles. The molecule has 2 aromatic rings. The molecule has 1 aromatic heterocycles. The zero-order valence-electron chi connectivity index (χ0n) is 8.12. The molecule has 4 heteroatoms. The van der Waals surface area contributed by atoms with Crippen LogP contribution < -0.4 is 0 Å². The first-order valence-corrected chi connectivity index (χ1v) is 5.29. The number of aromatic nitrogens is 2. The summed E-state index contributed by atoms with van der Waals surface area (Å²) in [5, 5.41) is 6.80. The van der Waals surface area contributed by atoms with Gasteiger partial charge < -0.3 is 0 Å². The van der Waals surface area contributed by atoms with Crippen molar-refractivity contribution in [1.29, 1.82) is 0 Å². The first-order valence-electron chi connectivity index (χ1n) is 4.50. The summed E-state index contributed by atoms with van der Waals surface area (Å²) in [6.45, 7) is 1.51. The van der Waals surface area contributed by atoms with Crippen LogP contribution in [0.15, 0.2) is 34.8 Å². The van der Waals surface area contributed by atoms with E-state index < -0.39 is 0 Å². The minimum Gasteiger partial charge on any atom is -0.293 e. The number of halogens is 1. The molecule has 0 atom stereocenters. The summed E-state index contributed by atoms with van der Waals surface area (Å²) in [5.74, 6) is -0.0131. The van der Waals surface area contributed by atoms with Gasteiger partial charge in [0.2, 0.25) is 0 Å². The lowest BCUT2D eigenvalue weighted by Gasteiger charge is -1.98. The van der Waals surface area contributed by atoms with Crippen LogP contribution in [-0.4, -0.2) is 16.0 Å². The smallest absolute Gasteiger partial charge is 0.177 e. The maximum Gasteiger partial charge on any atom is 0.177 e. The number of Topliss-reactive ketones (excluding diaryl/α,β-unsaturated/α-hetero) is 1. The van der Waals surface area contributed by atoms with Gasteiger partial charge in [-0.3, -0.25) is 9.89 Å². The van der Waals surface area contributed by atoms with Crippen molar-refractivity contribution in [2.24, 2.45) is 0 Å². The van der Waals surface area contributed by atoms with Crippen molar-refractivity contribution >= 4 is 21.7 Å². The van der Waals surface area contributed by atoms with E-state index in [9.17, 15) is 4.79 Å². The van der Waals surface area contributed by atoms with Gasteiger partial charge in [0.25, 0.3) is 0 Å². The number of hydrogen-bond donors (Lipinski definition) is 1. The molecular formula is C11H9BrN2O. The molecule has 0 fully saturated rings. The van der Waals surface area contributed by atoms with E-state index in [0.29, 0.717) is 5.69 Å². The Morgan fingerprint density at radius 1 is 1.40 bits per heavy atom. The van der Waals surface area contributed by atoms with Gasteiger partial charge in [0.15, 0.2) is 5.78 Å². The molecule has 0 aliphatic heterocycles. The predicted octanol–water partition coefficient (Wildman–Crippen LogP) is 3.04. The van der Waals surface area contributed by atoms with Crippen molar-refractivity contribution in [3.05, 3.63) is 40.5 Å². The van der Waals surface area contributed by atoms with Crippen LogP contribution in [0.2, 0.25) is 0 Å². The molecule has 0 unspecified atom stereocenters. The lowest BCUT2D eigenvalue weighted by molar-refractivity contribution is 0.101. The average Bonchev–Trinajstić information content (AvgIpc) is 2.67. The summed E-state index contributed by atoms with van der Waals surface area (Å²) in [4.78, 5) is 11.1. The van der Waals surface area contributed by atoms with Crippen LogP contribution >= 0.6 is 15.9 Å². The molecule has 0 amide bonds. The Balaban J connectivity index is 2.46. The zero-order valence-corrected chi connectivity index (χ0v) is 9.71. The molecule has 2 rings (SSSR count). The third kappa shape index (κ3) is 1.99. The van der Waals surface area contributed by atoms with Crippen LogP contribution in [0.5, 0.6) is 0 Å². The van der Waals surface area contributed by atoms with Gasteiger partial charge in [0, 0.05) is 17.0 Å². The lowest BCUT2D eigenvalue weighted by atomic mass is 10.1. The van der Waals surface area contributed by atoms with Gasteiger partial charge in [0.1, 0.15) is 5.69 Å². The van der Waals surface area contributed by atoms with Crippen molar-refractivity contribution < 1.29 is 4.79 Å². The fraction of sp³-hybridized carbons (Fsp3) is 0.0909. The molecule has 0 saturated heterocycles. The molecule has 0 spiro atoms. The van der Waals surface area contributed by atoms with Crippen molar-refractivity contribution in [2.75, 3.05) is 0 Å². The first kappa shape index (κ1) is 10.1. The van der Waals surface area contributed by atoms with E-state index in [1.54, 1.807) is 6.07 Å². The predicted molar refractivity (Wildman–Crippen MR) is 61.7 cm³/mol. The number of carbonyl (C=O) groups excluding carboxylic acids is 1. The van der Waals surface area contributed by atoms with Crippen LogP contribution in [0, 0.1) is 0 Å². The molecule has 1 aromatic carbocycles. The Kier molecular flexibility index (Phi) is 2.68. The topological polar surface area (TPSA) is 45.8 Å². The first-order chi connectivity index (χ1) is 7.18. The molecule has 15 heavy (non-hydrogen) atoms. The number of nitrogens with zero attached hydrogens (tertiary/aromatic N) is 1. The minimum atomic E-state index is -0.0131. The Morgan fingerprint density at radius 2 is 2.13 bits per heavy atom. The summed E-state index contributed by atoms with van der Waals surface area (Å²) in [5.41, 5.74) is 2.27. The molecule has 0 bridgehead atoms. The summed E-state index contributed by atoms with van der Waals surface area (Å²) in [6, 6.07) is 9.51. The minimum absolute atomic E-state index is 0.0131. The van der Waals surface area contributed by atoms with E-state index in [0.717, 1.165) is 15.7 Å². The molecular weight excluding hydrogens is 256 g/mol. The second kappa shape index (κ2) is 3.98. The van der Waals surface area contributed by atoms with Gasteiger partial charge in [-0.15, -0.1) is 0 Å². The van der Waals surface area contributed by atoms with E-state index in [1.165, 1.54) is 6.92 Å². The van der Waals surface area contributed by atoms with Crippen molar-refractivity contribution in [3.63, 3.8) is 0 Å². The number of hydrogen-bond acceptors (Lipinski definition) is 2. The number of carbonyl (C=O) groups is 1. The summed E-state index contributed by atoms with van der Waals surface area (Å²) >= 11 is 3.44. The Hall–Kier alpha value is -1.42. The number of H-pyrrole nitrogens is 1. The fourth-order valence-corrected chi connectivity index (χ4v) is 1.80. The van der Waals surface area contributed by atoms with E-state index in [2.05, 4.69) is 26.1 Å². The van der Waals surface area contributed by atoms with Gasteiger partial charge in [-0.25, -0.2) is 0 Å². The van der Waals surface area contributed by atoms with Crippen LogP contribution in [0.4, 0.5) is 0 Å². The molecule has 76 valence electrons. The van der Waals surface area contributed by atoms with Gasteiger partial charge in [0.05, 0.1) is 5.69 Å². The number of benzene rings is 1. The molecule has 1 heterocycles. The van der Waals surface area contributed by atoms with E-state index in [1.807, 2.05) is 24.3 Å². The van der Waals surface area contributed by atoms with Crippen molar-refractivity contribution in [2.45, 2.75) is 6.92 Å². The second-order valence-corrected chi connectivity index (χ2v) is 4.06. The number of nitrogens with one attached hydrogen (secondary N) is 1. The summed E-state index contributed by atoms with van der Waals surface area (Å²) in [6.07, 6.45) is 0. The molecule has 3 nitrogen and oxygen atoms in total. The van der Waals surface area contributed by atoms with E-state index >= 15 is 0 Å². The standard InChI is InChI=1S/C11H9BrN2O/c1-7(15)10-6-11(14-13-10)8-4-2-3-5-9(8)12/h2-6H,1H3,(H,13,14). The summed E-state index contributed by atoms with van der Waals surface area (Å²) in [7, 11) is 0. The Bertz CT molecular complexity index is 505. The third-order valence-electron chi connectivity index (χ3n) is 2.11.